The van der Waals surface area contributed by atoms with Gasteiger partial charge in [-0.2, -0.15) is 5.10 Å². The van der Waals surface area contributed by atoms with Crippen LogP contribution in [0.3, 0.4) is 0 Å². The second kappa shape index (κ2) is 7.19. The molecule has 0 aliphatic heterocycles. The van der Waals surface area contributed by atoms with Crippen LogP contribution in [0.4, 0.5) is 13.2 Å². The average Bonchev–Trinajstić information content (AvgIpc) is 2.99. The molecule has 27 heavy (non-hydrogen) atoms. The van der Waals surface area contributed by atoms with Crippen molar-refractivity contribution in [1.29, 1.82) is 0 Å². The van der Waals surface area contributed by atoms with Crippen LogP contribution in [-0.2, 0) is 11.2 Å². The zero-order valence-corrected chi connectivity index (χ0v) is 14.4. The van der Waals surface area contributed by atoms with Crippen molar-refractivity contribution in [1.82, 2.24) is 14.8 Å². The Bertz CT molecular complexity index is 918. The van der Waals surface area contributed by atoms with Crippen molar-refractivity contribution in [3.05, 3.63) is 48.3 Å². The van der Waals surface area contributed by atoms with Gasteiger partial charge in [0, 0.05) is 11.6 Å². The van der Waals surface area contributed by atoms with Gasteiger partial charge in [0.1, 0.15) is 5.75 Å². The maximum absolute atomic E-state index is 12.3. The lowest BCUT2D eigenvalue weighted by Gasteiger charge is -2.25. The van der Waals surface area contributed by atoms with E-state index in [1.165, 1.54) is 30.7 Å². The molecule has 2 heterocycles. The minimum Gasteiger partial charge on any atom is -0.406 e. The molecular weight excluding hydrogens is 359 g/mol. The standard InChI is InChI=1S/C19H18F3N3O2/c20-19(21,22)27-17-6-4-15(5-7-17)25-18-14(12-24-25)10-13(11-23-18)8-9-26-16-2-1-3-16/h4-7,10-12,16H,1-3,8-9H2. The summed E-state index contributed by atoms with van der Waals surface area (Å²) in [5, 5.41) is 5.17. The van der Waals surface area contributed by atoms with Gasteiger partial charge in [-0.1, -0.05) is 0 Å². The van der Waals surface area contributed by atoms with E-state index < -0.39 is 6.36 Å². The first kappa shape index (κ1) is 17.8. The molecule has 3 aromatic rings. The predicted octanol–water partition coefficient (Wildman–Crippen LogP) is 4.43. The molecule has 1 saturated carbocycles. The summed E-state index contributed by atoms with van der Waals surface area (Å²) >= 11 is 0. The Kier molecular flexibility index (Phi) is 4.73. The number of pyridine rings is 1. The van der Waals surface area contributed by atoms with Crippen LogP contribution < -0.4 is 4.74 Å². The first-order valence-corrected chi connectivity index (χ1v) is 8.78. The van der Waals surface area contributed by atoms with Crippen LogP contribution >= 0.6 is 0 Å². The molecule has 1 fully saturated rings. The maximum Gasteiger partial charge on any atom is 0.573 e. The van der Waals surface area contributed by atoms with Gasteiger partial charge in [-0.3, -0.25) is 0 Å². The van der Waals surface area contributed by atoms with Gasteiger partial charge in [0.05, 0.1) is 24.6 Å². The topological polar surface area (TPSA) is 49.2 Å². The monoisotopic (exact) mass is 377 g/mol. The zero-order valence-electron chi connectivity index (χ0n) is 14.4. The van der Waals surface area contributed by atoms with Gasteiger partial charge in [-0.25, -0.2) is 9.67 Å². The summed E-state index contributed by atoms with van der Waals surface area (Å²) in [6.07, 6.45) is 3.52. The van der Waals surface area contributed by atoms with Crippen molar-refractivity contribution >= 4 is 11.0 Å². The number of hydrogen-bond acceptors (Lipinski definition) is 4. The van der Waals surface area contributed by atoms with Crippen molar-refractivity contribution in [3.8, 4) is 11.4 Å². The molecule has 142 valence electrons. The molecule has 0 spiro atoms. The fraction of sp³-hybridized carbons (Fsp3) is 0.368. The third-order valence-corrected chi connectivity index (χ3v) is 4.58. The lowest BCUT2D eigenvalue weighted by Crippen LogP contribution is -2.22. The van der Waals surface area contributed by atoms with Crippen molar-refractivity contribution in [2.75, 3.05) is 6.61 Å². The third-order valence-electron chi connectivity index (χ3n) is 4.58. The van der Waals surface area contributed by atoms with Gasteiger partial charge < -0.3 is 9.47 Å². The molecule has 1 aromatic carbocycles. The summed E-state index contributed by atoms with van der Waals surface area (Å²) in [6, 6.07) is 7.53. The highest BCUT2D eigenvalue weighted by Gasteiger charge is 2.31. The van der Waals surface area contributed by atoms with Crippen molar-refractivity contribution in [3.63, 3.8) is 0 Å². The summed E-state index contributed by atoms with van der Waals surface area (Å²) in [7, 11) is 0. The molecule has 5 nitrogen and oxygen atoms in total. The molecule has 0 unspecified atom stereocenters. The van der Waals surface area contributed by atoms with Crippen LogP contribution in [0.25, 0.3) is 16.7 Å². The first-order valence-electron chi connectivity index (χ1n) is 8.78. The van der Waals surface area contributed by atoms with Gasteiger partial charge in [0.25, 0.3) is 0 Å². The fourth-order valence-corrected chi connectivity index (χ4v) is 2.96. The Morgan fingerprint density at radius 1 is 1.11 bits per heavy atom. The summed E-state index contributed by atoms with van der Waals surface area (Å²) in [6.45, 7) is 0.673. The van der Waals surface area contributed by atoms with Crippen LogP contribution in [0.15, 0.2) is 42.7 Å². The van der Waals surface area contributed by atoms with Crippen LogP contribution in [0.2, 0.25) is 0 Å². The number of alkyl halides is 3. The number of hydrogen-bond donors (Lipinski definition) is 0. The van der Waals surface area contributed by atoms with E-state index in [0.29, 0.717) is 24.0 Å². The highest BCUT2D eigenvalue weighted by Crippen LogP contribution is 2.25. The minimum absolute atomic E-state index is 0.274. The molecule has 0 bridgehead atoms. The van der Waals surface area contributed by atoms with Crippen LogP contribution in [0.5, 0.6) is 5.75 Å². The Labute approximate surface area is 153 Å². The smallest absolute Gasteiger partial charge is 0.406 e. The molecule has 4 rings (SSSR count). The molecular formula is C19H18F3N3O2. The summed E-state index contributed by atoms with van der Waals surface area (Å²) in [4.78, 5) is 4.46. The number of fused-ring (bicyclic) bond motifs is 1. The molecule has 0 atom stereocenters. The molecule has 8 heteroatoms. The van der Waals surface area contributed by atoms with Gasteiger partial charge in [0.2, 0.25) is 0 Å². The van der Waals surface area contributed by atoms with Crippen molar-refractivity contribution in [2.24, 2.45) is 0 Å². The molecule has 0 N–H and O–H groups in total. The Hall–Kier alpha value is -2.61. The number of nitrogens with zero attached hydrogens (tertiary/aromatic N) is 3. The highest BCUT2D eigenvalue weighted by molar-refractivity contribution is 5.76. The fourth-order valence-electron chi connectivity index (χ4n) is 2.96. The van der Waals surface area contributed by atoms with E-state index in [9.17, 15) is 13.2 Å². The number of aromatic nitrogens is 3. The average molecular weight is 377 g/mol. The largest absolute Gasteiger partial charge is 0.573 e. The van der Waals surface area contributed by atoms with Crippen LogP contribution in [0, 0.1) is 0 Å². The summed E-state index contributed by atoms with van der Waals surface area (Å²) in [5.74, 6) is -0.274. The van der Waals surface area contributed by atoms with Crippen LogP contribution in [0.1, 0.15) is 24.8 Å². The number of rotatable bonds is 6. The summed E-state index contributed by atoms with van der Waals surface area (Å²) < 4.78 is 48.0. The second-order valence-electron chi connectivity index (χ2n) is 6.53. The van der Waals surface area contributed by atoms with E-state index in [0.717, 1.165) is 30.2 Å². The Morgan fingerprint density at radius 3 is 2.56 bits per heavy atom. The van der Waals surface area contributed by atoms with E-state index in [1.807, 2.05) is 6.07 Å². The minimum atomic E-state index is -4.71. The normalized spacial score (nSPS) is 15.1. The number of halogens is 3. The quantitative estimate of drug-likeness (QED) is 0.638. The number of benzene rings is 1. The SMILES string of the molecule is FC(F)(F)Oc1ccc(-n2ncc3cc(CCOC4CCC4)cnc32)cc1. The van der Waals surface area contributed by atoms with Gasteiger partial charge in [-0.15, -0.1) is 13.2 Å². The first-order chi connectivity index (χ1) is 13.0. The second-order valence-corrected chi connectivity index (χ2v) is 6.53. The van der Waals surface area contributed by atoms with E-state index >= 15 is 0 Å². The number of ether oxygens (including phenoxy) is 2. The highest BCUT2D eigenvalue weighted by atomic mass is 19.4. The van der Waals surface area contributed by atoms with Gasteiger partial charge in [-0.05, 0) is 61.6 Å². The lowest BCUT2D eigenvalue weighted by molar-refractivity contribution is -0.274. The predicted molar refractivity (Wildman–Crippen MR) is 92.8 cm³/mol. The summed E-state index contributed by atoms with van der Waals surface area (Å²) in [5.41, 5.74) is 2.31. The molecule has 0 radical (unpaired) electrons. The van der Waals surface area contributed by atoms with E-state index in [4.69, 9.17) is 4.74 Å². The zero-order chi connectivity index (χ0) is 18.9. The van der Waals surface area contributed by atoms with E-state index in [1.54, 1.807) is 17.1 Å². The van der Waals surface area contributed by atoms with E-state index in [-0.39, 0.29) is 5.75 Å². The van der Waals surface area contributed by atoms with Crippen LogP contribution in [-0.4, -0.2) is 33.8 Å². The lowest BCUT2D eigenvalue weighted by atomic mass is 9.96. The van der Waals surface area contributed by atoms with Crippen molar-refractivity contribution < 1.29 is 22.6 Å². The maximum atomic E-state index is 12.3. The van der Waals surface area contributed by atoms with Crippen molar-refractivity contribution in [2.45, 2.75) is 38.1 Å². The van der Waals surface area contributed by atoms with Gasteiger partial charge >= 0.3 is 6.36 Å². The van der Waals surface area contributed by atoms with Gasteiger partial charge in [0.15, 0.2) is 5.65 Å². The molecule has 1 aliphatic rings. The molecule has 1 aliphatic carbocycles. The Balaban J connectivity index is 1.47. The Morgan fingerprint density at radius 2 is 1.89 bits per heavy atom. The molecule has 0 saturated heterocycles. The van der Waals surface area contributed by atoms with E-state index in [2.05, 4.69) is 14.8 Å². The third kappa shape index (κ3) is 4.21. The molecule has 2 aromatic heterocycles. The molecule has 0 amide bonds.